The van der Waals surface area contributed by atoms with Crippen molar-refractivity contribution in [2.75, 3.05) is 7.11 Å². The van der Waals surface area contributed by atoms with E-state index in [9.17, 15) is 4.79 Å². The number of methoxy groups -OCH3 is 1. The van der Waals surface area contributed by atoms with E-state index in [1.54, 1.807) is 7.11 Å². The van der Waals surface area contributed by atoms with Crippen LogP contribution in [0.15, 0.2) is 30.6 Å². The molecule has 6 heteroatoms. The zero-order chi connectivity index (χ0) is 15.9. The minimum atomic E-state index is -0.174. The molecule has 118 valence electrons. The number of rotatable bonds is 7. The standard InChI is InChI=1S/C16H22N4O2/c1-4-8-20-16(17-11-18-20)12(2)19-15(21)10-13-6-5-7-14(9-13)22-3/h5-7,9,11-12H,4,8,10H2,1-3H3,(H,19,21)/t12-/m1/s1. The summed E-state index contributed by atoms with van der Waals surface area (Å²) in [6.07, 6.45) is 2.81. The fourth-order valence-corrected chi connectivity index (χ4v) is 2.32. The number of hydrogen-bond donors (Lipinski definition) is 1. The van der Waals surface area contributed by atoms with Crippen molar-refractivity contribution in [3.8, 4) is 5.75 Å². The summed E-state index contributed by atoms with van der Waals surface area (Å²) in [4.78, 5) is 16.4. The number of aryl methyl sites for hydroxylation is 1. The number of ether oxygens (including phenoxy) is 1. The van der Waals surface area contributed by atoms with Gasteiger partial charge in [0.2, 0.25) is 5.91 Å². The second-order valence-corrected chi connectivity index (χ2v) is 5.16. The average Bonchev–Trinajstić information content (AvgIpc) is 2.96. The van der Waals surface area contributed by atoms with Gasteiger partial charge in [0.15, 0.2) is 0 Å². The first kappa shape index (κ1) is 16.0. The van der Waals surface area contributed by atoms with Crippen LogP contribution in [0.5, 0.6) is 5.75 Å². The highest BCUT2D eigenvalue weighted by molar-refractivity contribution is 5.79. The highest BCUT2D eigenvalue weighted by Crippen LogP contribution is 2.14. The lowest BCUT2D eigenvalue weighted by molar-refractivity contribution is -0.121. The molecule has 6 nitrogen and oxygen atoms in total. The summed E-state index contributed by atoms with van der Waals surface area (Å²) in [5.74, 6) is 1.48. The molecule has 1 aromatic carbocycles. The molecule has 1 amide bonds. The summed E-state index contributed by atoms with van der Waals surface area (Å²) in [5, 5.41) is 7.14. The van der Waals surface area contributed by atoms with Gasteiger partial charge >= 0.3 is 0 Å². The molecule has 0 aliphatic rings. The number of nitrogens with zero attached hydrogens (tertiary/aromatic N) is 3. The van der Waals surface area contributed by atoms with Gasteiger partial charge in [0.25, 0.3) is 0 Å². The van der Waals surface area contributed by atoms with Gasteiger partial charge in [-0.15, -0.1) is 0 Å². The topological polar surface area (TPSA) is 69.0 Å². The van der Waals surface area contributed by atoms with Crippen LogP contribution in [0.25, 0.3) is 0 Å². The Kier molecular flexibility index (Phi) is 5.52. The molecule has 2 rings (SSSR count). The number of nitrogens with one attached hydrogen (secondary N) is 1. The molecule has 0 aliphatic carbocycles. The Balaban J connectivity index is 1.97. The Bertz CT molecular complexity index is 624. The third-order valence-electron chi connectivity index (χ3n) is 3.34. The minimum Gasteiger partial charge on any atom is -0.497 e. The molecule has 2 aromatic rings. The molecule has 0 unspecified atom stereocenters. The summed E-state index contributed by atoms with van der Waals surface area (Å²) in [7, 11) is 1.61. The van der Waals surface area contributed by atoms with Crippen LogP contribution in [0.4, 0.5) is 0 Å². The lowest BCUT2D eigenvalue weighted by Gasteiger charge is -2.14. The maximum absolute atomic E-state index is 12.2. The van der Waals surface area contributed by atoms with Crippen LogP contribution in [0, 0.1) is 0 Å². The number of benzene rings is 1. The fourth-order valence-electron chi connectivity index (χ4n) is 2.32. The summed E-state index contributed by atoms with van der Waals surface area (Å²) in [5.41, 5.74) is 0.916. The number of aromatic nitrogens is 3. The first-order chi connectivity index (χ1) is 10.6. The van der Waals surface area contributed by atoms with E-state index in [0.29, 0.717) is 6.42 Å². The van der Waals surface area contributed by atoms with Crippen molar-refractivity contribution in [1.29, 1.82) is 0 Å². The normalized spacial score (nSPS) is 12.0. The second-order valence-electron chi connectivity index (χ2n) is 5.16. The Hall–Kier alpha value is -2.37. The van der Waals surface area contributed by atoms with Crippen LogP contribution in [0.2, 0.25) is 0 Å². The Morgan fingerprint density at radius 3 is 3.00 bits per heavy atom. The molecule has 0 spiro atoms. The zero-order valence-corrected chi connectivity index (χ0v) is 13.2. The van der Waals surface area contributed by atoms with Crippen LogP contribution >= 0.6 is 0 Å². The smallest absolute Gasteiger partial charge is 0.225 e. The molecule has 0 bridgehead atoms. The summed E-state index contributed by atoms with van der Waals surface area (Å²) < 4.78 is 7.00. The van der Waals surface area contributed by atoms with Crippen molar-refractivity contribution in [2.24, 2.45) is 0 Å². The lowest BCUT2D eigenvalue weighted by atomic mass is 10.1. The van der Waals surface area contributed by atoms with Crippen molar-refractivity contribution in [1.82, 2.24) is 20.1 Å². The van der Waals surface area contributed by atoms with Crippen LogP contribution in [-0.4, -0.2) is 27.8 Å². The number of amides is 1. The molecule has 1 aromatic heterocycles. The predicted molar refractivity (Wildman–Crippen MR) is 83.6 cm³/mol. The largest absolute Gasteiger partial charge is 0.497 e. The van der Waals surface area contributed by atoms with E-state index in [-0.39, 0.29) is 11.9 Å². The van der Waals surface area contributed by atoms with Crippen LogP contribution in [-0.2, 0) is 17.8 Å². The maximum atomic E-state index is 12.2. The Morgan fingerprint density at radius 2 is 2.27 bits per heavy atom. The van der Waals surface area contributed by atoms with Gasteiger partial charge in [0.1, 0.15) is 17.9 Å². The van der Waals surface area contributed by atoms with Gasteiger partial charge in [-0.05, 0) is 31.0 Å². The van der Waals surface area contributed by atoms with Crippen molar-refractivity contribution in [3.05, 3.63) is 42.0 Å². The van der Waals surface area contributed by atoms with Gasteiger partial charge in [-0.1, -0.05) is 19.1 Å². The molecule has 1 atom stereocenters. The molecule has 0 saturated heterocycles. The number of carbonyl (C=O) groups excluding carboxylic acids is 1. The molecule has 0 radical (unpaired) electrons. The van der Waals surface area contributed by atoms with E-state index >= 15 is 0 Å². The Labute approximate surface area is 130 Å². The van der Waals surface area contributed by atoms with Gasteiger partial charge in [-0.3, -0.25) is 4.79 Å². The summed E-state index contributed by atoms with van der Waals surface area (Å²) in [6, 6.07) is 7.34. The Morgan fingerprint density at radius 1 is 1.45 bits per heavy atom. The molecular weight excluding hydrogens is 280 g/mol. The second kappa shape index (κ2) is 7.59. The quantitative estimate of drug-likeness (QED) is 0.850. The third kappa shape index (κ3) is 4.07. The van der Waals surface area contributed by atoms with Gasteiger partial charge in [0, 0.05) is 6.54 Å². The van der Waals surface area contributed by atoms with E-state index in [4.69, 9.17) is 4.74 Å². The van der Waals surface area contributed by atoms with Crippen LogP contribution in [0.1, 0.15) is 37.7 Å². The van der Waals surface area contributed by atoms with Gasteiger partial charge in [-0.25, -0.2) is 9.67 Å². The fraction of sp³-hybridized carbons (Fsp3) is 0.438. The van der Waals surface area contributed by atoms with Gasteiger partial charge < -0.3 is 10.1 Å². The molecule has 0 fully saturated rings. The van der Waals surface area contributed by atoms with Crippen molar-refractivity contribution in [2.45, 2.75) is 39.3 Å². The van der Waals surface area contributed by atoms with E-state index in [1.165, 1.54) is 6.33 Å². The molecular formula is C16H22N4O2. The van der Waals surface area contributed by atoms with Crippen molar-refractivity contribution in [3.63, 3.8) is 0 Å². The molecule has 1 heterocycles. The molecule has 1 N–H and O–H groups in total. The lowest BCUT2D eigenvalue weighted by Crippen LogP contribution is -2.30. The minimum absolute atomic E-state index is 0.0493. The van der Waals surface area contributed by atoms with Crippen molar-refractivity contribution >= 4 is 5.91 Å². The zero-order valence-electron chi connectivity index (χ0n) is 13.2. The summed E-state index contributed by atoms with van der Waals surface area (Å²) >= 11 is 0. The van der Waals surface area contributed by atoms with Crippen LogP contribution < -0.4 is 10.1 Å². The number of hydrogen-bond acceptors (Lipinski definition) is 4. The summed E-state index contributed by atoms with van der Waals surface area (Å²) in [6.45, 7) is 4.79. The van der Waals surface area contributed by atoms with Gasteiger partial charge in [0.05, 0.1) is 19.6 Å². The van der Waals surface area contributed by atoms with E-state index < -0.39 is 0 Å². The predicted octanol–water partition coefficient (Wildman–Crippen LogP) is 2.12. The first-order valence-electron chi connectivity index (χ1n) is 7.44. The molecule has 22 heavy (non-hydrogen) atoms. The van der Waals surface area contributed by atoms with Gasteiger partial charge in [-0.2, -0.15) is 5.10 Å². The van der Waals surface area contributed by atoms with Crippen LogP contribution in [0.3, 0.4) is 0 Å². The van der Waals surface area contributed by atoms with Crippen molar-refractivity contribution < 1.29 is 9.53 Å². The first-order valence-corrected chi connectivity index (χ1v) is 7.44. The maximum Gasteiger partial charge on any atom is 0.225 e. The third-order valence-corrected chi connectivity index (χ3v) is 3.34. The SMILES string of the molecule is CCCn1ncnc1[C@@H](C)NC(=O)Cc1cccc(OC)c1. The van der Waals surface area contributed by atoms with E-state index in [0.717, 1.165) is 30.1 Å². The van der Waals surface area contributed by atoms with E-state index in [1.807, 2.05) is 35.9 Å². The average molecular weight is 302 g/mol. The van der Waals surface area contributed by atoms with E-state index in [2.05, 4.69) is 22.3 Å². The molecule has 0 saturated carbocycles. The number of carbonyl (C=O) groups is 1. The highest BCUT2D eigenvalue weighted by atomic mass is 16.5. The monoisotopic (exact) mass is 302 g/mol. The molecule has 0 aliphatic heterocycles. The highest BCUT2D eigenvalue weighted by Gasteiger charge is 2.15.